The number of nitrogens with one attached hydrogen (secondary N) is 1. The molecule has 2 aromatic carbocycles. The number of aromatic nitrogens is 2. The van der Waals surface area contributed by atoms with Crippen molar-refractivity contribution >= 4 is 28.5 Å². The van der Waals surface area contributed by atoms with E-state index in [9.17, 15) is 9.59 Å². The monoisotopic (exact) mass is 430 g/mol. The van der Waals surface area contributed by atoms with Crippen LogP contribution in [0.4, 0.5) is 5.69 Å². The summed E-state index contributed by atoms with van der Waals surface area (Å²) in [6, 6.07) is 15.7. The van der Waals surface area contributed by atoms with Gasteiger partial charge >= 0.3 is 0 Å². The summed E-state index contributed by atoms with van der Waals surface area (Å²) in [6.07, 6.45) is 4.22. The number of anilines is 1. The molecule has 1 unspecified atom stereocenters. The normalized spacial score (nSPS) is 25.6. The first kappa shape index (κ1) is 20.7. The molecule has 166 valence electrons. The van der Waals surface area contributed by atoms with Crippen LogP contribution in [0.3, 0.4) is 0 Å². The molecular weight excluding hydrogens is 400 g/mol. The Kier molecular flexibility index (Phi) is 5.03. The Balaban J connectivity index is 1.57. The third-order valence-electron chi connectivity index (χ3n) is 7.14. The zero-order valence-corrected chi connectivity index (χ0v) is 19.0. The lowest BCUT2D eigenvalue weighted by molar-refractivity contribution is -0.127. The molecule has 6 nitrogen and oxygen atoms in total. The van der Waals surface area contributed by atoms with E-state index in [1.165, 1.54) is 0 Å². The molecular formula is C26H30N4O2. The van der Waals surface area contributed by atoms with Crippen LogP contribution in [-0.4, -0.2) is 32.9 Å². The number of benzene rings is 2. The fraction of sp³-hybridized carbons (Fsp3) is 0.423. The molecule has 1 aromatic heterocycles. The summed E-state index contributed by atoms with van der Waals surface area (Å²) in [4.78, 5) is 33.8. The molecule has 32 heavy (non-hydrogen) atoms. The summed E-state index contributed by atoms with van der Waals surface area (Å²) in [5.41, 5.74) is 2.41. The van der Waals surface area contributed by atoms with Gasteiger partial charge in [-0.15, -0.1) is 0 Å². The molecule has 2 aliphatic rings. The Labute approximate surface area is 188 Å². The minimum atomic E-state index is -1.06. The lowest BCUT2D eigenvalue weighted by Gasteiger charge is -2.44. The van der Waals surface area contributed by atoms with Crippen LogP contribution in [0, 0.1) is 12.8 Å². The maximum absolute atomic E-state index is 13.8. The Bertz CT molecular complexity index is 1170. The second-order valence-corrected chi connectivity index (χ2v) is 9.69. The zero-order valence-electron chi connectivity index (χ0n) is 19.0. The number of imidazole rings is 1. The summed E-state index contributed by atoms with van der Waals surface area (Å²) >= 11 is 0. The lowest BCUT2D eigenvalue weighted by atomic mass is 9.86. The van der Waals surface area contributed by atoms with Gasteiger partial charge in [0.1, 0.15) is 5.54 Å². The fourth-order valence-corrected chi connectivity index (χ4v) is 5.12. The number of amides is 2. The standard InChI is InChI=1S/C26H30N4O2/c1-17-8-12-19(13-9-17)27-25(32)26(3)16-29-22-7-5-4-6-21(22)28-23(29)24(31)30(26)20-14-10-18(2)11-15-20/h4-7,10-11,14-15,17,19H,8-9,12-13,16H2,1-3H3,(H,27,32). The molecule has 1 aliphatic heterocycles. The van der Waals surface area contributed by atoms with Gasteiger partial charge in [-0.1, -0.05) is 36.8 Å². The number of carbonyl (C=O) groups excluding carboxylic acids is 2. The van der Waals surface area contributed by atoms with Crippen molar-refractivity contribution in [1.29, 1.82) is 0 Å². The van der Waals surface area contributed by atoms with Gasteiger partial charge in [-0.05, 0) is 69.7 Å². The first-order valence-electron chi connectivity index (χ1n) is 11.5. The molecule has 2 heterocycles. The van der Waals surface area contributed by atoms with Gasteiger partial charge in [0.25, 0.3) is 5.91 Å². The van der Waals surface area contributed by atoms with Crippen molar-refractivity contribution in [3.63, 3.8) is 0 Å². The van der Waals surface area contributed by atoms with E-state index in [-0.39, 0.29) is 17.9 Å². The van der Waals surface area contributed by atoms with Crippen LogP contribution in [0.25, 0.3) is 11.0 Å². The van der Waals surface area contributed by atoms with Gasteiger partial charge in [0, 0.05) is 11.7 Å². The molecule has 0 spiro atoms. The van der Waals surface area contributed by atoms with Crippen LogP contribution in [0.1, 0.15) is 55.7 Å². The van der Waals surface area contributed by atoms with Crippen molar-refractivity contribution in [3.8, 4) is 0 Å². The number of fused-ring (bicyclic) bond motifs is 3. The summed E-state index contributed by atoms with van der Waals surface area (Å²) < 4.78 is 1.91. The predicted octanol–water partition coefficient (Wildman–Crippen LogP) is 4.46. The summed E-state index contributed by atoms with van der Waals surface area (Å²) in [5.74, 6) is 0.739. The van der Waals surface area contributed by atoms with E-state index in [1.54, 1.807) is 4.90 Å². The first-order valence-corrected chi connectivity index (χ1v) is 11.5. The lowest BCUT2D eigenvalue weighted by Crippen LogP contribution is -2.65. The van der Waals surface area contributed by atoms with Crippen molar-refractivity contribution in [2.45, 2.75) is 64.6 Å². The summed E-state index contributed by atoms with van der Waals surface area (Å²) in [7, 11) is 0. The van der Waals surface area contributed by atoms with Gasteiger partial charge in [-0.2, -0.15) is 0 Å². The Morgan fingerprint density at radius 3 is 2.47 bits per heavy atom. The molecule has 6 heteroatoms. The van der Waals surface area contributed by atoms with Gasteiger partial charge in [-0.3, -0.25) is 14.5 Å². The Morgan fingerprint density at radius 2 is 1.75 bits per heavy atom. The van der Waals surface area contributed by atoms with Crippen LogP contribution in [0.5, 0.6) is 0 Å². The molecule has 3 aromatic rings. The molecule has 1 N–H and O–H groups in total. The van der Waals surface area contributed by atoms with Crippen LogP contribution in [0.2, 0.25) is 0 Å². The highest BCUT2D eigenvalue weighted by atomic mass is 16.2. The molecule has 2 amide bonds. The van der Waals surface area contributed by atoms with Gasteiger partial charge < -0.3 is 9.88 Å². The van der Waals surface area contributed by atoms with E-state index in [1.807, 2.05) is 66.9 Å². The highest BCUT2D eigenvalue weighted by molar-refractivity contribution is 6.12. The van der Waals surface area contributed by atoms with Gasteiger partial charge in [0.15, 0.2) is 0 Å². The van der Waals surface area contributed by atoms with E-state index >= 15 is 0 Å². The van der Waals surface area contributed by atoms with Crippen LogP contribution in [0.15, 0.2) is 48.5 Å². The Hall–Kier alpha value is -3.15. The van der Waals surface area contributed by atoms with E-state index in [4.69, 9.17) is 0 Å². The van der Waals surface area contributed by atoms with E-state index in [0.29, 0.717) is 24.0 Å². The maximum Gasteiger partial charge on any atom is 0.295 e. The average molecular weight is 431 g/mol. The second kappa shape index (κ2) is 7.76. The number of hydrogen-bond donors (Lipinski definition) is 1. The van der Waals surface area contributed by atoms with Crippen LogP contribution in [-0.2, 0) is 11.3 Å². The summed E-state index contributed by atoms with van der Waals surface area (Å²) in [6.45, 7) is 6.52. The quantitative estimate of drug-likeness (QED) is 0.667. The molecule has 5 rings (SSSR count). The van der Waals surface area contributed by atoms with Gasteiger partial charge in [0.2, 0.25) is 11.7 Å². The minimum Gasteiger partial charge on any atom is -0.351 e. The third kappa shape index (κ3) is 3.38. The number of carbonyl (C=O) groups is 2. The Morgan fingerprint density at radius 1 is 1.06 bits per heavy atom. The van der Waals surface area contributed by atoms with E-state index in [2.05, 4.69) is 17.2 Å². The highest BCUT2D eigenvalue weighted by Crippen LogP contribution is 2.35. The maximum atomic E-state index is 13.8. The molecule has 1 atom stereocenters. The van der Waals surface area contributed by atoms with Crippen LogP contribution >= 0.6 is 0 Å². The van der Waals surface area contributed by atoms with Crippen molar-refractivity contribution < 1.29 is 9.59 Å². The number of hydrogen-bond acceptors (Lipinski definition) is 3. The van der Waals surface area contributed by atoms with E-state index < -0.39 is 5.54 Å². The predicted molar refractivity (Wildman–Crippen MR) is 126 cm³/mol. The van der Waals surface area contributed by atoms with Crippen molar-refractivity contribution in [2.75, 3.05) is 4.90 Å². The minimum absolute atomic E-state index is 0.102. The molecule has 1 aliphatic carbocycles. The second-order valence-electron chi connectivity index (χ2n) is 9.69. The number of aryl methyl sites for hydroxylation is 1. The highest BCUT2D eigenvalue weighted by Gasteiger charge is 2.49. The third-order valence-corrected chi connectivity index (χ3v) is 7.14. The van der Waals surface area contributed by atoms with Crippen molar-refractivity contribution in [2.24, 2.45) is 5.92 Å². The van der Waals surface area contributed by atoms with Crippen molar-refractivity contribution in [1.82, 2.24) is 14.9 Å². The largest absolute Gasteiger partial charge is 0.351 e. The van der Waals surface area contributed by atoms with Crippen molar-refractivity contribution in [3.05, 3.63) is 59.9 Å². The summed E-state index contributed by atoms with van der Waals surface area (Å²) in [5, 5.41) is 3.29. The fourth-order valence-electron chi connectivity index (χ4n) is 5.12. The number of para-hydroxylation sites is 2. The number of rotatable bonds is 3. The zero-order chi connectivity index (χ0) is 22.5. The molecule has 0 radical (unpaired) electrons. The molecule has 1 saturated carbocycles. The smallest absolute Gasteiger partial charge is 0.295 e. The topological polar surface area (TPSA) is 67.2 Å². The molecule has 0 bridgehead atoms. The van der Waals surface area contributed by atoms with E-state index in [0.717, 1.165) is 42.3 Å². The van der Waals surface area contributed by atoms with Crippen LogP contribution < -0.4 is 10.2 Å². The molecule has 1 fully saturated rings. The van der Waals surface area contributed by atoms with Gasteiger partial charge in [0.05, 0.1) is 17.6 Å². The molecule has 0 saturated heterocycles. The van der Waals surface area contributed by atoms with Gasteiger partial charge in [-0.25, -0.2) is 4.98 Å². The first-order chi connectivity index (χ1) is 15.4. The average Bonchev–Trinajstić information content (AvgIpc) is 3.15. The number of nitrogens with zero attached hydrogens (tertiary/aromatic N) is 3. The SMILES string of the molecule is Cc1ccc(N2C(=O)c3nc4ccccc4n3CC2(C)C(=O)NC2CCC(C)CC2)cc1.